The molecule has 1 aromatic carbocycles. The van der Waals surface area contributed by atoms with Crippen LogP contribution in [0.15, 0.2) is 24.3 Å². The highest BCUT2D eigenvalue weighted by Crippen LogP contribution is 2.32. The van der Waals surface area contributed by atoms with Gasteiger partial charge in [0.1, 0.15) is 5.75 Å². The van der Waals surface area contributed by atoms with Crippen LogP contribution in [0.1, 0.15) is 44.7 Å². The van der Waals surface area contributed by atoms with Crippen molar-refractivity contribution in [2.45, 2.75) is 50.8 Å². The minimum atomic E-state index is -0.622. The fourth-order valence-corrected chi connectivity index (χ4v) is 3.27. The summed E-state index contributed by atoms with van der Waals surface area (Å²) >= 11 is 0. The minimum Gasteiger partial charge on any atom is -0.497 e. The Balaban J connectivity index is 2.29. The van der Waals surface area contributed by atoms with Gasteiger partial charge in [0.25, 0.3) is 0 Å². The van der Waals surface area contributed by atoms with Crippen molar-refractivity contribution in [1.82, 2.24) is 4.90 Å². The Kier molecular flexibility index (Phi) is 5.25. The van der Waals surface area contributed by atoms with Crippen molar-refractivity contribution >= 4 is 0 Å². The Morgan fingerprint density at radius 3 is 2.86 bits per heavy atom. The lowest BCUT2D eigenvalue weighted by molar-refractivity contribution is -0.0343. The lowest BCUT2D eigenvalue weighted by atomic mass is 9.89. The van der Waals surface area contributed by atoms with Crippen molar-refractivity contribution in [1.29, 1.82) is 0 Å². The Hall–Kier alpha value is -1.10. The second kappa shape index (κ2) is 6.77. The summed E-state index contributed by atoms with van der Waals surface area (Å²) in [6.45, 7) is 5.67. The molecule has 0 aromatic heterocycles. The minimum absolute atomic E-state index is 0.0472. The van der Waals surface area contributed by atoms with Gasteiger partial charge in [-0.15, -0.1) is 0 Å². The van der Waals surface area contributed by atoms with E-state index in [1.54, 1.807) is 7.11 Å². The molecule has 21 heavy (non-hydrogen) atoms. The topological polar surface area (TPSA) is 58.7 Å². The monoisotopic (exact) mass is 292 g/mol. The van der Waals surface area contributed by atoms with E-state index in [9.17, 15) is 5.11 Å². The number of benzene rings is 1. The Bertz CT molecular complexity index is 462. The van der Waals surface area contributed by atoms with Crippen LogP contribution in [0.3, 0.4) is 0 Å². The number of likely N-dealkylation sites (tertiary alicyclic amines) is 1. The van der Waals surface area contributed by atoms with Gasteiger partial charge in [0.2, 0.25) is 0 Å². The smallest absolute Gasteiger partial charge is 0.119 e. The molecule has 1 saturated heterocycles. The molecule has 4 nitrogen and oxygen atoms in total. The highest BCUT2D eigenvalue weighted by molar-refractivity contribution is 5.31. The van der Waals surface area contributed by atoms with Crippen molar-refractivity contribution in [3.8, 4) is 5.75 Å². The van der Waals surface area contributed by atoms with E-state index in [2.05, 4.69) is 24.0 Å². The van der Waals surface area contributed by atoms with Gasteiger partial charge in [-0.3, -0.25) is 4.90 Å². The molecular weight excluding hydrogens is 264 g/mol. The van der Waals surface area contributed by atoms with Crippen molar-refractivity contribution in [3.05, 3.63) is 29.8 Å². The maximum Gasteiger partial charge on any atom is 0.119 e. The van der Waals surface area contributed by atoms with Gasteiger partial charge in [0.15, 0.2) is 0 Å². The molecule has 0 aliphatic carbocycles. The first-order valence-corrected chi connectivity index (χ1v) is 7.83. The molecule has 0 spiro atoms. The summed E-state index contributed by atoms with van der Waals surface area (Å²) in [4.78, 5) is 2.33. The number of piperidine rings is 1. The van der Waals surface area contributed by atoms with Gasteiger partial charge in [-0.25, -0.2) is 0 Å². The zero-order valence-corrected chi connectivity index (χ0v) is 13.4. The fraction of sp³-hybridized carbons (Fsp3) is 0.647. The molecular formula is C17H28N2O2. The summed E-state index contributed by atoms with van der Waals surface area (Å²) in [6.07, 6.45) is 2.76. The molecule has 3 atom stereocenters. The summed E-state index contributed by atoms with van der Waals surface area (Å²) in [5, 5.41) is 10.4. The van der Waals surface area contributed by atoms with E-state index in [4.69, 9.17) is 10.5 Å². The third kappa shape index (κ3) is 3.96. The number of hydrogen-bond acceptors (Lipinski definition) is 4. The van der Waals surface area contributed by atoms with E-state index in [-0.39, 0.29) is 12.1 Å². The second-order valence-corrected chi connectivity index (χ2v) is 6.36. The van der Waals surface area contributed by atoms with Crippen molar-refractivity contribution in [2.75, 3.05) is 20.2 Å². The van der Waals surface area contributed by atoms with Gasteiger partial charge in [0, 0.05) is 12.6 Å². The number of nitrogens with zero attached hydrogens (tertiary/aromatic N) is 1. The summed E-state index contributed by atoms with van der Waals surface area (Å²) in [5.41, 5.74) is 6.94. The molecule has 0 radical (unpaired) electrons. The SMILES string of the molecule is CCC(N)C(c1cccc(OC)c1)N1CCCC(C)(O)C1. The van der Waals surface area contributed by atoms with E-state index >= 15 is 0 Å². The molecule has 0 bridgehead atoms. The Morgan fingerprint density at radius 2 is 2.24 bits per heavy atom. The Labute approximate surface area is 127 Å². The van der Waals surface area contributed by atoms with Crippen molar-refractivity contribution < 1.29 is 9.84 Å². The number of ether oxygens (including phenoxy) is 1. The highest BCUT2D eigenvalue weighted by Gasteiger charge is 2.34. The maximum absolute atomic E-state index is 10.4. The molecule has 3 N–H and O–H groups in total. The van der Waals surface area contributed by atoms with Crippen LogP contribution < -0.4 is 10.5 Å². The van der Waals surface area contributed by atoms with Crippen molar-refractivity contribution in [2.24, 2.45) is 5.73 Å². The molecule has 1 aromatic rings. The number of hydrogen-bond donors (Lipinski definition) is 2. The molecule has 1 aliphatic rings. The number of rotatable bonds is 5. The van der Waals surface area contributed by atoms with Gasteiger partial charge in [0.05, 0.1) is 18.8 Å². The molecule has 1 heterocycles. The number of aliphatic hydroxyl groups is 1. The predicted molar refractivity (Wildman–Crippen MR) is 85.4 cm³/mol. The quantitative estimate of drug-likeness (QED) is 0.874. The average Bonchev–Trinajstić information content (AvgIpc) is 2.46. The normalized spacial score (nSPS) is 26.3. The van der Waals surface area contributed by atoms with Crippen LogP contribution in [0.25, 0.3) is 0 Å². The zero-order valence-electron chi connectivity index (χ0n) is 13.4. The first-order valence-electron chi connectivity index (χ1n) is 7.83. The van der Waals surface area contributed by atoms with Crippen LogP contribution >= 0.6 is 0 Å². The first-order chi connectivity index (χ1) is 9.96. The third-order valence-electron chi connectivity index (χ3n) is 4.41. The van der Waals surface area contributed by atoms with Crippen LogP contribution in [-0.2, 0) is 0 Å². The van der Waals surface area contributed by atoms with E-state index in [0.717, 1.165) is 31.6 Å². The van der Waals surface area contributed by atoms with Crippen LogP contribution in [0, 0.1) is 0 Å². The van der Waals surface area contributed by atoms with Crippen LogP contribution in [0.5, 0.6) is 5.75 Å². The number of nitrogens with two attached hydrogens (primary N) is 1. The highest BCUT2D eigenvalue weighted by atomic mass is 16.5. The first kappa shape index (κ1) is 16.3. The molecule has 118 valence electrons. The zero-order chi connectivity index (χ0) is 15.5. The average molecular weight is 292 g/mol. The van der Waals surface area contributed by atoms with E-state index in [1.807, 2.05) is 19.1 Å². The van der Waals surface area contributed by atoms with Gasteiger partial charge in [-0.1, -0.05) is 19.1 Å². The molecule has 1 aliphatic heterocycles. The molecule has 2 rings (SSSR count). The molecule has 3 unspecified atom stereocenters. The molecule has 0 saturated carbocycles. The maximum atomic E-state index is 10.4. The summed E-state index contributed by atoms with van der Waals surface area (Å²) in [7, 11) is 1.68. The van der Waals surface area contributed by atoms with Gasteiger partial charge < -0.3 is 15.6 Å². The van der Waals surface area contributed by atoms with Gasteiger partial charge in [-0.05, 0) is 50.4 Å². The van der Waals surface area contributed by atoms with Crippen LogP contribution in [-0.4, -0.2) is 41.8 Å². The van der Waals surface area contributed by atoms with Gasteiger partial charge >= 0.3 is 0 Å². The lowest BCUT2D eigenvalue weighted by Crippen LogP contribution is -2.51. The summed E-state index contributed by atoms with van der Waals surface area (Å²) < 4.78 is 5.34. The second-order valence-electron chi connectivity index (χ2n) is 6.36. The number of methoxy groups -OCH3 is 1. The van der Waals surface area contributed by atoms with Gasteiger partial charge in [-0.2, -0.15) is 0 Å². The lowest BCUT2D eigenvalue weighted by Gasteiger charge is -2.43. The number of β-amino-alcohol motifs (C(OH)–C–C–N with tert-alkyl or cyclic N) is 1. The van der Waals surface area contributed by atoms with E-state index in [1.165, 1.54) is 5.56 Å². The standard InChI is InChI=1S/C17H28N2O2/c1-4-15(18)16(13-7-5-8-14(11-13)21-3)19-10-6-9-17(2,20)12-19/h5,7-8,11,15-16,20H,4,6,9-10,12,18H2,1-3H3. The largest absolute Gasteiger partial charge is 0.497 e. The van der Waals surface area contributed by atoms with Crippen LogP contribution in [0.2, 0.25) is 0 Å². The predicted octanol–water partition coefficient (Wildman–Crippen LogP) is 2.32. The molecule has 0 amide bonds. The van der Waals surface area contributed by atoms with E-state index in [0.29, 0.717) is 6.54 Å². The molecule has 1 fully saturated rings. The van der Waals surface area contributed by atoms with Crippen molar-refractivity contribution in [3.63, 3.8) is 0 Å². The van der Waals surface area contributed by atoms with Crippen LogP contribution in [0.4, 0.5) is 0 Å². The third-order valence-corrected chi connectivity index (χ3v) is 4.41. The summed E-state index contributed by atoms with van der Waals surface area (Å²) in [6, 6.07) is 8.29. The molecule has 4 heteroatoms. The fourth-order valence-electron chi connectivity index (χ4n) is 3.27. The van der Waals surface area contributed by atoms with E-state index < -0.39 is 5.60 Å². The summed E-state index contributed by atoms with van der Waals surface area (Å²) in [5.74, 6) is 0.851. The Morgan fingerprint density at radius 1 is 1.48 bits per heavy atom.